The van der Waals surface area contributed by atoms with Crippen molar-refractivity contribution in [3.8, 4) is 0 Å². The van der Waals surface area contributed by atoms with Gasteiger partial charge in [0.15, 0.2) is 0 Å². The molecule has 8 heteroatoms. The van der Waals surface area contributed by atoms with Gasteiger partial charge in [-0.05, 0) is 30.7 Å². The van der Waals surface area contributed by atoms with Crippen LogP contribution in [-0.4, -0.2) is 35.0 Å². The summed E-state index contributed by atoms with van der Waals surface area (Å²) < 4.78 is 1.99. The van der Waals surface area contributed by atoms with Gasteiger partial charge in [0, 0.05) is 48.7 Å². The minimum absolute atomic E-state index is 0.0671. The Kier molecular flexibility index (Phi) is 3.80. The molecule has 4 heterocycles. The first kappa shape index (κ1) is 16.8. The van der Waals surface area contributed by atoms with Gasteiger partial charge >= 0.3 is 0 Å². The molecule has 0 saturated carbocycles. The van der Waals surface area contributed by atoms with Crippen molar-refractivity contribution in [3.63, 3.8) is 0 Å². The molecule has 3 aromatic rings. The topological polar surface area (TPSA) is 91.3 Å². The Hall–Kier alpha value is -3.39. The predicted molar refractivity (Wildman–Crippen MR) is 106 cm³/mol. The van der Waals surface area contributed by atoms with Crippen molar-refractivity contribution in [2.45, 2.75) is 19.5 Å². The van der Waals surface area contributed by atoms with Gasteiger partial charge in [-0.15, -0.1) is 0 Å². The van der Waals surface area contributed by atoms with Crippen LogP contribution >= 0.6 is 0 Å². The molecule has 1 aromatic carbocycles. The van der Waals surface area contributed by atoms with Gasteiger partial charge in [-0.1, -0.05) is 6.07 Å². The third-order valence-corrected chi connectivity index (χ3v) is 5.27. The van der Waals surface area contributed by atoms with Crippen molar-refractivity contribution in [3.05, 3.63) is 53.3 Å². The van der Waals surface area contributed by atoms with E-state index in [0.29, 0.717) is 30.0 Å². The van der Waals surface area contributed by atoms with Crippen molar-refractivity contribution in [1.82, 2.24) is 20.3 Å². The number of carbonyl (C=O) groups is 2. The first-order valence-corrected chi connectivity index (χ1v) is 9.29. The van der Waals surface area contributed by atoms with Crippen LogP contribution in [0.3, 0.4) is 0 Å². The maximum atomic E-state index is 12.8. The van der Waals surface area contributed by atoms with E-state index in [4.69, 9.17) is 0 Å². The summed E-state index contributed by atoms with van der Waals surface area (Å²) in [4.78, 5) is 29.4. The minimum atomic E-state index is -0.198. The first-order valence-electron chi connectivity index (χ1n) is 9.29. The summed E-state index contributed by atoms with van der Waals surface area (Å²) >= 11 is 0. The van der Waals surface area contributed by atoms with Crippen LogP contribution in [0.1, 0.15) is 32.8 Å². The molecule has 3 N–H and O–H groups in total. The standard InChI is InChI=1S/C20H20N6O2/c1-25-18-14(10-23-25)7-15(11-22-18)24-19(27)13-4-3-12-8-17-20(28)21-5-2-6-26(17)16(12)9-13/h3-4,7-9,11,23H,2,5-6,10H2,1H3,(H,21,28)(H,24,27). The fourth-order valence-electron chi connectivity index (χ4n) is 3.84. The molecule has 0 aliphatic carbocycles. The van der Waals surface area contributed by atoms with Crippen molar-refractivity contribution < 1.29 is 9.59 Å². The Balaban J connectivity index is 1.45. The predicted octanol–water partition coefficient (Wildman–Crippen LogP) is 1.88. The molecule has 0 saturated heterocycles. The molecule has 2 aromatic heterocycles. The number of hydrazine groups is 1. The Morgan fingerprint density at radius 2 is 2.14 bits per heavy atom. The van der Waals surface area contributed by atoms with Crippen LogP contribution in [0.4, 0.5) is 11.5 Å². The number of rotatable bonds is 2. The molecule has 142 valence electrons. The average molecular weight is 376 g/mol. The van der Waals surface area contributed by atoms with Crippen molar-refractivity contribution in [2.24, 2.45) is 0 Å². The molecular weight excluding hydrogens is 356 g/mol. The molecule has 0 radical (unpaired) electrons. The molecular formula is C20H20N6O2. The zero-order chi connectivity index (χ0) is 19.3. The molecule has 2 aliphatic rings. The Bertz CT molecular complexity index is 1120. The fourth-order valence-corrected chi connectivity index (χ4v) is 3.84. The lowest BCUT2D eigenvalue weighted by Crippen LogP contribution is -2.27. The van der Waals surface area contributed by atoms with E-state index >= 15 is 0 Å². The van der Waals surface area contributed by atoms with E-state index in [1.54, 1.807) is 12.3 Å². The lowest BCUT2D eigenvalue weighted by atomic mass is 10.1. The van der Waals surface area contributed by atoms with Gasteiger partial charge in [-0.3, -0.25) is 14.6 Å². The van der Waals surface area contributed by atoms with Crippen LogP contribution in [0, 0.1) is 0 Å². The van der Waals surface area contributed by atoms with Gasteiger partial charge in [0.2, 0.25) is 0 Å². The number of hydrogen-bond donors (Lipinski definition) is 3. The van der Waals surface area contributed by atoms with Gasteiger partial charge in [0.25, 0.3) is 11.8 Å². The zero-order valence-electron chi connectivity index (χ0n) is 15.5. The Morgan fingerprint density at radius 3 is 3.04 bits per heavy atom. The van der Waals surface area contributed by atoms with Crippen molar-refractivity contribution >= 4 is 34.2 Å². The highest BCUT2D eigenvalue weighted by Crippen LogP contribution is 2.26. The monoisotopic (exact) mass is 376 g/mol. The van der Waals surface area contributed by atoms with Crippen molar-refractivity contribution in [1.29, 1.82) is 0 Å². The van der Waals surface area contributed by atoms with E-state index in [9.17, 15) is 9.59 Å². The highest BCUT2D eigenvalue weighted by molar-refractivity contribution is 6.07. The Labute approximate surface area is 161 Å². The van der Waals surface area contributed by atoms with Crippen LogP contribution in [0.5, 0.6) is 0 Å². The van der Waals surface area contributed by atoms with Crippen LogP contribution in [0.25, 0.3) is 10.9 Å². The molecule has 0 atom stereocenters. The molecule has 8 nitrogen and oxygen atoms in total. The van der Waals surface area contributed by atoms with Crippen LogP contribution in [0.2, 0.25) is 0 Å². The van der Waals surface area contributed by atoms with Gasteiger partial charge < -0.3 is 15.2 Å². The van der Waals surface area contributed by atoms with Gasteiger partial charge in [-0.25, -0.2) is 10.4 Å². The second kappa shape index (κ2) is 6.35. The number of hydrogen-bond acceptors (Lipinski definition) is 5. The summed E-state index contributed by atoms with van der Waals surface area (Å²) in [5.74, 6) is 0.604. The second-order valence-electron chi connectivity index (χ2n) is 7.12. The fraction of sp³-hybridized carbons (Fsp3) is 0.250. The van der Waals surface area contributed by atoms with Gasteiger partial charge in [0.1, 0.15) is 11.5 Å². The van der Waals surface area contributed by atoms with Gasteiger partial charge in [0.05, 0.1) is 11.9 Å². The third-order valence-electron chi connectivity index (χ3n) is 5.27. The highest BCUT2D eigenvalue weighted by atomic mass is 16.2. The third kappa shape index (κ3) is 2.69. The summed E-state index contributed by atoms with van der Waals surface area (Å²) in [5, 5.41) is 8.65. The number of aryl methyl sites for hydroxylation is 1. The van der Waals surface area contributed by atoms with Gasteiger partial charge in [-0.2, -0.15) is 0 Å². The summed E-state index contributed by atoms with van der Waals surface area (Å²) in [7, 11) is 1.91. The zero-order valence-corrected chi connectivity index (χ0v) is 15.5. The summed E-state index contributed by atoms with van der Waals surface area (Å²) in [6.07, 6.45) is 2.52. The maximum absolute atomic E-state index is 12.8. The van der Waals surface area contributed by atoms with Crippen LogP contribution in [-0.2, 0) is 13.1 Å². The molecule has 0 spiro atoms. The molecule has 28 heavy (non-hydrogen) atoms. The molecule has 0 unspecified atom stereocenters. The largest absolute Gasteiger partial charge is 0.351 e. The molecule has 0 fully saturated rings. The maximum Gasteiger partial charge on any atom is 0.267 e. The summed E-state index contributed by atoms with van der Waals surface area (Å²) in [5.41, 5.74) is 6.97. The van der Waals surface area contributed by atoms with E-state index in [1.165, 1.54) is 0 Å². The summed E-state index contributed by atoms with van der Waals surface area (Å²) in [6.45, 7) is 2.10. The van der Waals surface area contributed by atoms with Crippen LogP contribution in [0.15, 0.2) is 36.5 Å². The van der Waals surface area contributed by atoms with E-state index in [2.05, 4.69) is 21.0 Å². The second-order valence-corrected chi connectivity index (χ2v) is 7.12. The normalized spacial score (nSPS) is 15.8. The molecule has 5 rings (SSSR count). The van der Waals surface area contributed by atoms with E-state index in [1.807, 2.05) is 40.9 Å². The number of nitrogens with zero attached hydrogens (tertiary/aromatic N) is 3. The number of pyridine rings is 1. The molecule has 2 amide bonds. The number of anilines is 2. The molecule has 2 aliphatic heterocycles. The SMILES string of the molecule is CN1NCc2cc(NC(=O)c3ccc4cc5n(c4c3)CCCNC5=O)cnc21. The number of fused-ring (bicyclic) bond motifs is 4. The Morgan fingerprint density at radius 1 is 1.25 bits per heavy atom. The smallest absolute Gasteiger partial charge is 0.267 e. The minimum Gasteiger partial charge on any atom is -0.351 e. The number of benzene rings is 1. The quantitative estimate of drug-likeness (QED) is 0.635. The van der Waals surface area contributed by atoms with E-state index < -0.39 is 0 Å². The number of amides is 2. The van der Waals surface area contributed by atoms with E-state index in [-0.39, 0.29) is 11.8 Å². The van der Waals surface area contributed by atoms with E-state index in [0.717, 1.165) is 35.2 Å². The number of carbonyl (C=O) groups excluding carboxylic acids is 2. The summed E-state index contributed by atoms with van der Waals surface area (Å²) in [6, 6.07) is 9.34. The number of nitrogens with one attached hydrogen (secondary N) is 3. The first-order chi connectivity index (χ1) is 13.6. The number of aromatic nitrogens is 2. The van der Waals surface area contributed by atoms with Crippen LogP contribution < -0.4 is 21.1 Å². The van der Waals surface area contributed by atoms with Crippen molar-refractivity contribution in [2.75, 3.05) is 23.9 Å². The lowest BCUT2D eigenvalue weighted by molar-refractivity contribution is 0.0950. The lowest BCUT2D eigenvalue weighted by Gasteiger charge is -2.11. The molecule has 0 bridgehead atoms. The highest BCUT2D eigenvalue weighted by Gasteiger charge is 2.20. The average Bonchev–Trinajstić information content (AvgIpc) is 3.19.